The lowest BCUT2D eigenvalue weighted by atomic mass is 10.1. The lowest BCUT2D eigenvalue weighted by Crippen LogP contribution is -2.40. The van der Waals surface area contributed by atoms with E-state index in [2.05, 4.69) is 14.8 Å². The van der Waals surface area contributed by atoms with Gasteiger partial charge in [0.05, 0.1) is 5.69 Å². The van der Waals surface area contributed by atoms with Crippen molar-refractivity contribution in [2.45, 2.75) is 37.6 Å². The summed E-state index contributed by atoms with van der Waals surface area (Å²) >= 11 is 5.82. The van der Waals surface area contributed by atoms with E-state index in [1.54, 1.807) is 20.8 Å². The summed E-state index contributed by atoms with van der Waals surface area (Å²) in [5.74, 6) is -1.55. The molecule has 0 spiro atoms. The van der Waals surface area contributed by atoms with Crippen LogP contribution in [-0.4, -0.2) is 32.6 Å². The maximum absolute atomic E-state index is 12.4. The molecule has 1 amide bonds. The van der Waals surface area contributed by atoms with Crippen LogP contribution in [0.3, 0.4) is 0 Å². The Hall–Kier alpha value is -2.24. The normalized spacial score (nSPS) is 12.7. The molecule has 0 aliphatic carbocycles. The largest absolute Gasteiger partial charge is 0.482 e. The fourth-order valence-corrected chi connectivity index (χ4v) is 3.63. The molecule has 160 valence electrons. The number of benzene rings is 1. The Bertz CT molecular complexity index is 997. The number of nitrogens with one attached hydrogen (secondary N) is 2. The molecule has 29 heavy (non-hydrogen) atoms. The SMILES string of the molecule is CC(C)(C)NS(=O)(=O)c1ccc(C(=O)Nc2cc(Cl)ccc2OCC(F)(F)F)o1. The summed E-state index contributed by atoms with van der Waals surface area (Å²) in [4.78, 5) is 12.4. The van der Waals surface area contributed by atoms with E-state index in [1.807, 2.05) is 0 Å². The molecule has 2 N–H and O–H groups in total. The third-order valence-corrected chi connectivity index (χ3v) is 4.96. The van der Waals surface area contributed by atoms with Gasteiger partial charge in [-0.3, -0.25) is 4.79 Å². The van der Waals surface area contributed by atoms with Crippen LogP contribution >= 0.6 is 11.6 Å². The van der Waals surface area contributed by atoms with Crippen molar-refractivity contribution in [2.24, 2.45) is 0 Å². The molecule has 0 saturated carbocycles. The minimum absolute atomic E-state index is 0.136. The van der Waals surface area contributed by atoms with Crippen molar-refractivity contribution in [3.8, 4) is 5.75 Å². The van der Waals surface area contributed by atoms with Crippen LogP contribution in [0.4, 0.5) is 18.9 Å². The first-order valence-electron chi connectivity index (χ1n) is 8.10. The summed E-state index contributed by atoms with van der Waals surface area (Å²) in [7, 11) is -4.01. The topological polar surface area (TPSA) is 97.6 Å². The molecule has 0 aliphatic heterocycles. The van der Waals surface area contributed by atoms with Crippen molar-refractivity contribution in [2.75, 3.05) is 11.9 Å². The molecule has 12 heteroatoms. The fraction of sp³-hybridized carbons (Fsp3) is 0.353. The van der Waals surface area contributed by atoms with Crippen molar-refractivity contribution in [3.63, 3.8) is 0 Å². The Morgan fingerprint density at radius 2 is 1.83 bits per heavy atom. The van der Waals surface area contributed by atoms with Gasteiger partial charge in [0.1, 0.15) is 5.75 Å². The summed E-state index contributed by atoms with van der Waals surface area (Å²) in [6, 6.07) is 5.84. The lowest BCUT2D eigenvalue weighted by molar-refractivity contribution is -0.153. The van der Waals surface area contributed by atoms with Crippen molar-refractivity contribution < 1.29 is 35.5 Å². The van der Waals surface area contributed by atoms with Crippen LogP contribution in [0.25, 0.3) is 0 Å². The molecule has 1 heterocycles. The fourth-order valence-electron chi connectivity index (χ4n) is 2.11. The van der Waals surface area contributed by atoms with Gasteiger partial charge in [0, 0.05) is 10.6 Å². The van der Waals surface area contributed by atoms with Gasteiger partial charge >= 0.3 is 6.18 Å². The van der Waals surface area contributed by atoms with E-state index in [9.17, 15) is 26.4 Å². The van der Waals surface area contributed by atoms with E-state index in [4.69, 9.17) is 16.0 Å². The lowest BCUT2D eigenvalue weighted by Gasteiger charge is -2.19. The highest BCUT2D eigenvalue weighted by Gasteiger charge is 2.29. The van der Waals surface area contributed by atoms with Gasteiger partial charge in [-0.1, -0.05) is 11.6 Å². The first kappa shape index (κ1) is 23.0. The molecule has 1 aromatic carbocycles. The molecular weight excluding hydrogens is 437 g/mol. The van der Waals surface area contributed by atoms with E-state index >= 15 is 0 Å². The summed E-state index contributed by atoms with van der Waals surface area (Å²) < 4.78 is 73.8. The number of amides is 1. The summed E-state index contributed by atoms with van der Waals surface area (Å²) in [6.45, 7) is 3.31. The van der Waals surface area contributed by atoms with Crippen LogP contribution in [0.1, 0.15) is 31.3 Å². The monoisotopic (exact) mass is 454 g/mol. The van der Waals surface area contributed by atoms with Gasteiger partial charge in [0.2, 0.25) is 5.09 Å². The number of ether oxygens (including phenoxy) is 1. The quantitative estimate of drug-likeness (QED) is 0.681. The number of alkyl halides is 3. The molecule has 0 aliphatic rings. The number of rotatable bonds is 6. The van der Waals surface area contributed by atoms with E-state index in [-0.39, 0.29) is 22.2 Å². The first-order chi connectivity index (χ1) is 13.2. The minimum atomic E-state index is -4.58. The zero-order chi connectivity index (χ0) is 22.0. The highest BCUT2D eigenvalue weighted by Crippen LogP contribution is 2.30. The molecule has 7 nitrogen and oxygen atoms in total. The predicted molar refractivity (Wildman–Crippen MR) is 99.7 cm³/mol. The summed E-state index contributed by atoms with van der Waals surface area (Å²) in [6.07, 6.45) is -4.58. The minimum Gasteiger partial charge on any atom is -0.482 e. The Balaban J connectivity index is 2.21. The van der Waals surface area contributed by atoms with Gasteiger partial charge in [-0.2, -0.15) is 13.2 Å². The van der Waals surface area contributed by atoms with E-state index in [0.29, 0.717) is 0 Å². The Morgan fingerprint density at radius 1 is 1.17 bits per heavy atom. The van der Waals surface area contributed by atoms with Crippen LogP contribution in [0.15, 0.2) is 39.8 Å². The highest BCUT2D eigenvalue weighted by molar-refractivity contribution is 7.89. The second-order valence-corrected chi connectivity index (χ2v) is 9.02. The van der Waals surface area contributed by atoms with Crippen LogP contribution < -0.4 is 14.8 Å². The number of sulfonamides is 1. The van der Waals surface area contributed by atoms with Gasteiger partial charge < -0.3 is 14.5 Å². The van der Waals surface area contributed by atoms with Crippen LogP contribution in [-0.2, 0) is 10.0 Å². The maximum atomic E-state index is 12.4. The van der Waals surface area contributed by atoms with Gasteiger partial charge in [-0.25, -0.2) is 13.1 Å². The maximum Gasteiger partial charge on any atom is 0.422 e. The van der Waals surface area contributed by atoms with Crippen LogP contribution in [0, 0.1) is 0 Å². The Labute approximate surface area is 170 Å². The zero-order valence-corrected chi connectivity index (χ0v) is 17.1. The number of furan rings is 1. The molecule has 0 fully saturated rings. The van der Waals surface area contributed by atoms with Gasteiger partial charge in [-0.05, 0) is 51.1 Å². The summed E-state index contributed by atoms with van der Waals surface area (Å²) in [5, 5.41) is 1.94. The second kappa shape index (κ2) is 8.25. The van der Waals surface area contributed by atoms with Gasteiger partial charge in [0.15, 0.2) is 12.4 Å². The van der Waals surface area contributed by atoms with E-state index < -0.39 is 39.3 Å². The first-order valence-corrected chi connectivity index (χ1v) is 9.97. The van der Waals surface area contributed by atoms with E-state index in [1.165, 1.54) is 12.1 Å². The van der Waals surface area contributed by atoms with Gasteiger partial charge in [0.25, 0.3) is 15.9 Å². The number of halogens is 4. The summed E-state index contributed by atoms with van der Waals surface area (Å²) in [5.41, 5.74) is -0.917. The number of carbonyl (C=O) groups is 1. The second-order valence-electron chi connectivity index (χ2n) is 6.97. The smallest absolute Gasteiger partial charge is 0.422 e. The Morgan fingerprint density at radius 3 is 2.41 bits per heavy atom. The highest BCUT2D eigenvalue weighted by atomic mass is 35.5. The molecule has 0 saturated heterocycles. The van der Waals surface area contributed by atoms with Crippen molar-refractivity contribution in [1.82, 2.24) is 4.72 Å². The molecule has 0 bridgehead atoms. The van der Waals surface area contributed by atoms with Gasteiger partial charge in [-0.15, -0.1) is 0 Å². The average Bonchev–Trinajstić information content (AvgIpc) is 3.02. The molecular formula is C17H18ClF3N2O5S. The average molecular weight is 455 g/mol. The van der Waals surface area contributed by atoms with Crippen LogP contribution in [0.5, 0.6) is 5.75 Å². The molecule has 2 rings (SSSR count). The molecule has 2 aromatic rings. The zero-order valence-electron chi connectivity index (χ0n) is 15.6. The number of carbonyl (C=O) groups excluding carboxylic acids is 1. The third-order valence-electron chi connectivity index (χ3n) is 3.09. The number of hydrogen-bond donors (Lipinski definition) is 2. The molecule has 0 radical (unpaired) electrons. The molecule has 0 unspecified atom stereocenters. The van der Waals surface area contributed by atoms with E-state index in [0.717, 1.165) is 18.2 Å². The Kier molecular flexibility index (Phi) is 6.55. The molecule has 1 aromatic heterocycles. The standard InChI is InChI=1S/C17H18ClF3N2O5S/c1-16(2,3)23-29(25,26)14-7-6-13(28-14)15(24)22-11-8-10(18)4-5-12(11)27-9-17(19,20)21/h4-8,23H,9H2,1-3H3,(H,22,24). The number of hydrogen-bond acceptors (Lipinski definition) is 5. The third kappa shape index (κ3) is 6.94. The van der Waals surface area contributed by atoms with Crippen molar-refractivity contribution >= 4 is 33.2 Å². The number of anilines is 1. The van der Waals surface area contributed by atoms with Crippen molar-refractivity contribution in [3.05, 3.63) is 41.1 Å². The predicted octanol–water partition coefficient (Wildman–Crippen LogP) is 4.20. The van der Waals surface area contributed by atoms with Crippen molar-refractivity contribution in [1.29, 1.82) is 0 Å². The van der Waals surface area contributed by atoms with Crippen LogP contribution in [0.2, 0.25) is 5.02 Å². The molecule has 0 atom stereocenters.